The first kappa shape index (κ1) is 24.2. The number of aromatic nitrogens is 2. The van der Waals surface area contributed by atoms with E-state index >= 15 is 0 Å². The van der Waals surface area contributed by atoms with Gasteiger partial charge in [0.15, 0.2) is 4.34 Å². The number of amides is 1. The van der Waals surface area contributed by atoms with Crippen molar-refractivity contribution in [2.24, 2.45) is 5.92 Å². The first-order valence-electron chi connectivity index (χ1n) is 8.74. The second-order valence-electron chi connectivity index (χ2n) is 6.65. The molecule has 0 saturated heterocycles. The predicted octanol–water partition coefficient (Wildman–Crippen LogP) is 4.78. The summed E-state index contributed by atoms with van der Waals surface area (Å²) < 4.78 is 26.8. The molecule has 0 radical (unpaired) electrons. The summed E-state index contributed by atoms with van der Waals surface area (Å²) in [6.45, 7) is 5.91. The molecule has 0 aliphatic heterocycles. The number of hydrogen-bond donors (Lipinski definition) is 1. The first-order valence-corrected chi connectivity index (χ1v) is 13.1. The third-order valence-electron chi connectivity index (χ3n) is 3.65. The second kappa shape index (κ2) is 10.3. The molecule has 0 spiro atoms. The zero-order valence-electron chi connectivity index (χ0n) is 16.3. The topological polar surface area (TPSA) is 92.3 Å². The number of thioether (sulfide) groups is 1. The average molecular weight is 497 g/mol. The van der Waals surface area contributed by atoms with Gasteiger partial charge in [-0.3, -0.25) is 14.4 Å². The molecule has 1 atom stereocenters. The highest BCUT2D eigenvalue weighted by Crippen LogP contribution is 2.33. The van der Waals surface area contributed by atoms with Crippen LogP contribution in [0.2, 0.25) is 10.0 Å². The molecular weight excluding hydrogens is 475 g/mol. The van der Waals surface area contributed by atoms with Crippen molar-refractivity contribution in [1.82, 2.24) is 10.2 Å². The number of rotatable bonds is 9. The van der Waals surface area contributed by atoms with E-state index in [0.717, 1.165) is 20.7 Å². The SMILES string of the molecule is CC[C@H](C(=O)Nc1nnc(SCC(C)C)s1)N(c1cc(Cl)ccc1Cl)S(C)(=O)=O. The minimum absolute atomic E-state index is 0.147. The summed E-state index contributed by atoms with van der Waals surface area (Å²) in [4.78, 5) is 12.9. The molecule has 0 saturated carbocycles. The number of sulfonamides is 1. The van der Waals surface area contributed by atoms with Crippen molar-refractivity contribution in [2.45, 2.75) is 37.6 Å². The maximum atomic E-state index is 12.9. The Hall–Kier alpha value is -1.07. The number of anilines is 2. The Kier molecular flexibility index (Phi) is 8.59. The summed E-state index contributed by atoms with van der Waals surface area (Å²) in [5.41, 5.74) is 0.147. The number of halogens is 2. The summed E-state index contributed by atoms with van der Waals surface area (Å²) in [5, 5.41) is 11.5. The fraction of sp³-hybridized carbons (Fsp3) is 0.471. The maximum absolute atomic E-state index is 12.9. The van der Waals surface area contributed by atoms with E-state index in [4.69, 9.17) is 23.2 Å². The van der Waals surface area contributed by atoms with Crippen LogP contribution in [0.4, 0.5) is 10.8 Å². The molecule has 1 N–H and O–H groups in total. The molecule has 0 aliphatic carbocycles. The Morgan fingerprint density at radius 3 is 2.59 bits per heavy atom. The maximum Gasteiger partial charge on any atom is 0.250 e. The summed E-state index contributed by atoms with van der Waals surface area (Å²) in [6.07, 6.45) is 1.24. The van der Waals surface area contributed by atoms with Gasteiger partial charge in [0.05, 0.1) is 17.0 Å². The number of carbonyl (C=O) groups is 1. The van der Waals surface area contributed by atoms with Gasteiger partial charge in [-0.1, -0.05) is 67.1 Å². The van der Waals surface area contributed by atoms with Gasteiger partial charge in [0.2, 0.25) is 21.1 Å². The minimum atomic E-state index is -3.83. The predicted molar refractivity (Wildman–Crippen MR) is 122 cm³/mol. The van der Waals surface area contributed by atoms with Gasteiger partial charge in [-0.05, 0) is 30.5 Å². The van der Waals surface area contributed by atoms with Crippen LogP contribution in [0.5, 0.6) is 0 Å². The van der Waals surface area contributed by atoms with Gasteiger partial charge in [0.1, 0.15) is 6.04 Å². The molecule has 0 bridgehead atoms. The molecule has 7 nitrogen and oxygen atoms in total. The lowest BCUT2D eigenvalue weighted by Crippen LogP contribution is -2.47. The molecule has 160 valence electrons. The molecule has 0 aliphatic rings. The van der Waals surface area contributed by atoms with Crippen molar-refractivity contribution in [3.8, 4) is 0 Å². The quantitative estimate of drug-likeness (QED) is 0.396. The largest absolute Gasteiger partial charge is 0.299 e. The van der Waals surface area contributed by atoms with E-state index in [1.165, 1.54) is 23.5 Å². The highest BCUT2D eigenvalue weighted by Gasteiger charge is 2.33. The average Bonchev–Trinajstić information content (AvgIpc) is 3.06. The smallest absolute Gasteiger partial charge is 0.250 e. The second-order valence-corrected chi connectivity index (χ2v) is 11.6. The fourth-order valence-electron chi connectivity index (χ4n) is 2.44. The summed E-state index contributed by atoms with van der Waals surface area (Å²) in [5.74, 6) is 0.859. The van der Waals surface area contributed by atoms with Crippen molar-refractivity contribution < 1.29 is 13.2 Å². The summed E-state index contributed by atoms with van der Waals surface area (Å²) in [7, 11) is -3.83. The molecule has 0 unspecified atom stereocenters. The van der Waals surface area contributed by atoms with E-state index in [2.05, 4.69) is 29.4 Å². The third-order valence-corrected chi connectivity index (χ3v) is 7.77. The van der Waals surface area contributed by atoms with Crippen molar-refractivity contribution in [1.29, 1.82) is 0 Å². The molecule has 0 fully saturated rings. The van der Waals surface area contributed by atoms with Crippen molar-refractivity contribution >= 4 is 73.0 Å². The third kappa shape index (κ3) is 6.71. The van der Waals surface area contributed by atoms with Crippen LogP contribution in [0.3, 0.4) is 0 Å². The van der Waals surface area contributed by atoms with Crippen LogP contribution >= 0.6 is 46.3 Å². The van der Waals surface area contributed by atoms with Crippen LogP contribution in [0.15, 0.2) is 22.5 Å². The zero-order valence-corrected chi connectivity index (χ0v) is 20.3. The van der Waals surface area contributed by atoms with Gasteiger partial charge in [0.25, 0.3) is 0 Å². The van der Waals surface area contributed by atoms with Crippen LogP contribution in [-0.4, -0.2) is 42.6 Å². The Bertz CT molecular complexity index is 967. The van der Waals surface area contributed by atoms with E-state index in [0.29, 0.717) is 16.1 Å². The lowest BCUT2D eigenvalue weighted by Gasteiger charge is -2.30. The van der Waals surface area contributed by atoms with Crippen LogP contribution in [0.25, 0.3) is 0 Å². The van der Waals surface area contributed by atoms with Gasteiger partial charge in [-0.2, -0.15) is 0 Å². The van der Waals surface area contributed by atoms with Gasteiger partial charge >= 0.3 is 0 Å². The lowest BCUT2D eigenvalue weighted by molar-refractivity contribution is -0.117. The Labute approximate surface area is 189 Å². The molecule has 2 rings (SSSR count). The van der Waals surface area contributed by atoms with Crippen LogP contribution < -0.4 is 9.62 Å². The van der Waals surface area contributed by atoms with Crippen LogP contribution in [-0.2, 0) is 14.8 Å². The van der Waals surface area contributed by atoms with E-state index in [1.807, 2.05) is 0 Å². The molecule has 29 heavy (non-hydrogen) atoms. The van der Waals surface area contributed by atoms with E-state index in [1.54, 1.807) is 24.8 Å². The monoisotopic (exact) mass is 496 g/mol. The van der Waals surface area contributed by atoms with Gasteiger partial charge in [0, 0.05) is 10.8 Å². The highest BCUT2D eigenvalue weighted by atomic mass is 35.5. The van der Waals surface area contributed by atoms with Crippen LogP contribution in [0.1, 0.15) is 27.2 Å². The normalized spacial score (nSPS) is 12.8. The fourth-order valence-corrected chi connectivity index (χ4v) is 5.81. The number of hydrogen-bond acceptors (Lipinski definition) is 7. The summed E-state index contributed by atoms with van der Waals surface area (Å²) >= 11 is 15.0. The van der Waals surface area contributed by atoms with Crippen LogP contribution in [0, 0.1) is 5.92 Å². The Balaban J connectivity index is 2.28. The number of nitrogens with one attached hydrogen (secondary N) is 1. The standard InChI is InChI=1S/C17H22Cl2N4O3S3/c1-5-13(15(24)20-16-21-22-17(28-16)27-9-10(2)3)23(29(4,25)26)14-8-11(18)6-7-12(14)19/h6-8,10,13H,5,9H2,1-4H3,(H,20,21,24)/t13-/m1/s1. The highest BCUT2D eigenvalue weighted by molar-refractivity contribution is 8.01. The Morgan fingerprint density at radius 2 is 2.00 bits per heavy atom. The molecule has 12 heteroatoms. The molecule has 1 heterocycles. The van der Waals surface area contributed by atoms with Crippen molar-refractivity contribution in [3.63, 3.8) is 0 Å². The van der Waals surface area contributed by atoms with E-state index in [-0.39, 0.29) is 17.1 Å². The van der Waals surface area contributed by atoms with Gasteiger partial charge in [-0.15, -0.1) is 10.2 Å². The van der Waals surface area contributed by atoms with Gasteiger partial charge in [-0.25, -0.2) is 8.42 Å². The van der Waals surface area contributed by atoms with Crippen molar-refractivity contribution in [2.75, 3.05) is 21.6 Å². The number of nitrogens with zero attached hydrogens (tertiary/aromatic N) is 3. The van der Waals surface area contributed by atoms with Crippen molar-refractivity contribution in [3.05, 3.63) is 28.2 Å². The molecule has 1 amide bonds. The van der Waals surface area contributed by atoms with Gasteiger partial charge < -0.3 is 0 Å². The molecule has 1 aromatic heterocycles. The molecular formula is C17H22Cl2N4O3S3. The Morgan fingerprint density at radius 1 is 1.31 bits per heavy atom. The number of carbonyl (C=O) groups excluding carboxylic acids is 1. The molecule has 1 aromatic carbocycles. The van der Waals surface area contributed by atoms with E-state index in [9.17, 15) is 13.2 Å². The summed E-state index contributed by atoms with van der Waals surface area (Å²) in [6, 6.07) is 3.43. The lowest BCUT2D eigenvalue weighted by atomic mass is 10.2. The zero-order chi connectivity index (χ0) is 21.8. The number of benzene rings is 1. The molecule has 2 aromatic rings. The minimum Gasteiger partial charge on any atom is -0.299 e. The van der Waals surface area contributed by atoms with E-state index < -0.39 is 22.0 Å². The first-order chi connectivity index (χ1) is 13.5.